The standard InChI is InChI=1S/C19H18F2N2O2/c1-12-7-8-16(15(21)10-12)22-18(24)17-6-3-9-23(17)19(25)13-4-2-5-14(20)11-13/h2,4-5,7-8,10-11,17H,3,6,9H2,1H3,(H,22,24)/t17-/m1/s1. The lowest BCUT2D eigenvalue weighted by atomic mass is 10.1. The summed E-state index contributed by atoms with van der Waals surface area (Å²) >= 11 is 0. The average molecular weight is 344 g/mol. The third-order valence-electron chi connectivity index (χ3n) is 4.27. The Bertz CT molecular complexity index is 823. The zero-order chi connectivity index (χ0) is 18.0. The molecule has 0 radical (unpaired) electrons. The first kappa shape index (κ1) is 17.1. The van der Waals surface area contributed by atoms with Crippen molar-refractivity contribution in [2.24, 2.45) is 0 Å². The molecule has 0 saturated carbocycles. The van der Waals surface area contributed by atoms with Crippen molar-refractivity contribution in [3.05, 3.63) is 65.2 Å². The molecule has 1 aliphatic heterocycles. The summed E-state index contributed by atoms with van der Waals surface area (Å²) in [6.45, 7) is 2.16. The lowest BCUT2D eigenvalue weighted by Gasteiger charge is -2.24. The highest BCUT2D eigenvalue weighted by Gasteiger charge is 2.34. The molecule has 0 aromatic heterocycles. The molecule has 4 nitrogen and oxygen atoms in total. The summed E-state index contributed by atoms with van der Waals surface area (Å²) in [5.41, 5.74) is 1.03. The van der Waals surface area contributed by atoms with E-state index in [1.807, 2.05) is 0 Å². The van der Waals surface area contributed by atoms with E-state index in [9.17, 15) is 18.4 Å². The summed E-state index contributed by atoms with van der Waals surface area (Å²) in [6.07, 6.45) is 1.15. The minimum Gasteiger partial charge on any atom is -0.327 e. The molecular formula is C19H18F2N2O2. The van der Waals surface area contributed by atoms with Gasteiger partial charge < -0.3 is 10.2 Å². The van der Waals surface area contributed by atoms with Crippen molar-refractivity contribution in [3.8, 4) is 0 Å². The SMILES string of the molecule is Cc1ccc(NC(=O)[C@H]2CCCN2C(=O)c2cccc(F)c2)c(F)c1. The van der Waals surface area contributed by atoms with Crippen molar-refractivity contribution in [1.82, 2.24) is 4.90 Å². The number of aryl methyl sites for hydroxylation is 1. The molecule has 25 heavy (non-hydrogen) atoms. The molecule has 130 valence electrons. The highest BCUT2D eigenvalue weighted by Crippen LogP contribution is 2.23. The predicted octanol–water partition coefficient (Wildman–Crippen LogP) is 3.52. The van der Waals surface area contributed by atoms with Crippen LogP contribution in [-0.2, 0) is 4.79 Å². The summed E-state index contributed by atoms with van der Waals surface area (Å²) < 4.78 is 27.3. The van der Waals surface area contributed by atoms with E-state index in [0.29, 0.717) is 19.4 Å². The molecule has 1 N–H and O–H groups in total. The highest BCUT2D eigenvalue weighted by atomic mass is 19.1. The van der Waals surface area contributed by atoms with Gasteiger partial charge in [0.25, 0.3) is 5.91 Å². The smallest absolute Gasteiger partial charge is 0.254 e. The Balaban J connectivity index is 1.76. The maximum atomic E-state index is 13.9. The summed E-state index contributed by atoms with van der Waals surface area (Å²) in [7, 11) is 0. The third-order valence-corrected chi connectivity index (χ3v) is 4.27. The molecule has 6 heteroatoms. The van der Waals surface area contributed by atoms with E-state index in [2.05, 4.69) is 5.32 Å². The van der Waals surface area contributed by atoms with Crippen molar-refractivity contribution in [2.45, 2.75) is 25.8 Å². The number of nitrogens with zero attached hydrogens (tertiary/aromatic N) is 1. The zero-order valence-corrected chi connectivity index (χ0v) is 13.8. The van der Waals surface area contributed by atoms with Gasteiger partial charge in [0.2, 0.25) is 5.91 Å². The van der Waals surface area contributed by atoms with E-state index >= 15 is 0 Å². The van der Waals surface area contributed by atoms with Gasteiger partial charge in [0, 0.05) is 12.1 Å². The van der Waals surface area contributed by atoms with Gasteiger partial charge in [-0.25, -0.2) is 8.78 Å². The molecule has 2 aromatic rings. The van der Waals surface area contributed by atoms with Crippen LogP contribution in [0.4, 0.5) is 14.5 Å². The Morgan fingerprint density at radius 2 is 1.96 bits per heavy atom. The first-order valence-corrected chi connectivity index (χ1v) is 8.09. The van der Waals surface area contributed by atoms with E-state index in [0.717, 1.165) is 11.6 Å². The minimum absolute atomic E-state index is 0.0839. The Hall–Kier alpha value is -2.76. The van der Waals surface area contributed by atoms with Crippen molar-refractivity contribution in [1.29, 1.82) is 0 Å². The van der Waals surface area contributed by atoms with Crippen molar-refractivity contribution < 1.29 is 18.4 Å². The van der Waals surface area contributed by atoms with Gasteiger partial charge in [-0.1, -0.05) is 12.1 Å². The zero-order valence-electron chi connectivity index (χ0n) is 13.8. The van der Waals surface area contributed by atoms with Crippen LogP contribution in [0.1, 0.15) is 28.8 Å². The molecule has 0 spiro atoms. The fourth-order valence-corrected chi connectivity index (χ4v) is 3.01. The van der Waals surface area contributed by atoms with Crippen LogP contribution in [-0.4, -0.2) is 29.3 Å². The molecule has 1 aliphatic rings. The topological polar surface area (TPSA) is 49.4 Å². The van der Waals surface area contributed by atoms with Crippen LogP contribution in [0.25, 0.3) is 0 Å². The third kappa shape index (κ3) is 3.68. The van der Waals surface area contributed by atoms with Crippen LogP contribution in [0.3, 0.4) is 0 Å². The summed E-state index contributed by atoms with van der Waals surface area (Å²) in [6, 6.07) is 9.20. The number of hydrogen-bond acceptors (Lipinski definition) is 2. The molecule has 2 aromatic carbocycles. The molecule has 1 fully saturated rings. The summed E-state index contributed by atoms with van der Waals surface area (Å²) in [5.74, 6) is -1.87. The second kappa shape index (κ2) is 7.01. The maximum Gasteiger partial charge on any atom is 0.254 e. The predicted molar refractivity (Wildman–Crippen MR) is 90.2 cm³/mol. The first-order chi connectivity index (χ1) is 12.0. The number of anilines is 1. The maximum absolute atomic E-state index is 13.9. The Labute approximate surface area is 144 Å². The lowest BCUT2D eigenvalue weighted by Crippen LogP contribution is -2.43. The lowest BCUT2D eigenvalue weighted by molar-refractivity contribution is -0.119. The van der Waals surface area contributed by atoms with E-state index in [1.165, 1.54) is 35.2 Å². The van der Waals surface area contributed by atoms with Gasteiger partial charge in [0.15, 0.2) is 0 Å². The first-order valence-electron chi connectivity index (χ1n) is 8.09. The molecule has 3 rings (SSSR count). The molecular weight excluding hydrogens is 326 g/mol. The number of hydrogen-bond donors (Lipinski definition) is 1. The van der Waals surface area contributed by atoms with Gasteiger partial charge in [-0.05, 0) is 55.7 Å². The number of amides is 2. The number of likely N-dealkylation sites (tertiary alicyclic amines) is 1. The van der Waals surface area contributed by atoms with Crippen LogP contribution in [0, 0.1) is 18.6 Å². The molecule has 1 saturated heterocycles. The normalized spacial score (nSPS) is 16.8. The quantitative estimate of drug-likeness (QED) is 0.926. The second-order valence-corrected chi connectivity index (χ2v) is 6.14. The monoisotopic (exact) mass is 344 g/mol. The van der Waals surface area contributed by atoms with Crippen molar-refractivity contribution in [2.75, 3.05) is 11.9 Å². The largest absolute Gasteiger partial charge is 0.327 e. The Morgan fingerprint density at radius 1 is 1.16 bits per heavy atom. The second-order valence-electron chi connectivity index (χ2n) is 6.14. The Morgan fingerprint density at radius 3 is 2.68 bits per heavy atom. The number of carbonyl (C=O) groups is 2. The number of halogens is 2. The average Bonchev–Trinajstić information content (AvgIpc) is 3.06. The highest BCUT2D eigenvalue weighted by molar-refractivity contribution is 6.01. The Kier molecular flexibility index (Phi) is 4.79. The van der Waals surface area contributed by atoms with Crippen molar-refractivity contribution in [3.63, 3.8) is 0 Å². The van der Waals surface area contributed by atoms with Gasteiger partial charge >= 0.3 is 0 Å². The van der Waals surface area contributed by atoms with E-state index in [-0.39, 0.29) is 11.3 Å². The van der Waals surface area contributed by atoms with Crippen LogP contribution in [0.5, 0.6) is 0 Å². The fraction of sp³-hybridized carbons (Fsp3) is 0.263. The number of nitrogens with one attached hydrogen (secondary N) is 1. The van der Waals surface area contributed by atoms with Crippen molar-refractivity contribution >= 4 is 17.5 Å². The molecule has 0 unspecified atom stereocenters. The molecule has 1 atom stereocenters. The molecule has 1 heterocycles. The summed E-state index contributed by atoms with van der Waals surface area (Å²) in [5, 5.41) is 2.55. The number of rotatable bonds is 3. The van der Waals surface area contributed by atoms with Crippen LogP contribution in [0.2, 0.25) is 0 Å². The molecule has 0 aliphatic carbocycles. The molecule has 2 amide bonds. The van der Waals surface area contributed by atoms with Gasteiger partial charge in [0.1, 0.15) is 17.7 Å². The van der Waals surface area contributed by atoms with Gasteiger partial charge in [0.05, 0.1) is 5.69 Å². The summed E-state index contributed by atoms with van der Waals surface area (Å²) in [4.78, 5) is 26.5. The van der Waals surface area contributed by atoms with Gasteiger partial charge in [-0.2, -0.15) is 0 Å². The molecule has 0 bridgehead atoms. The van der Waals surface area contributed by atoms with Crippen LogP contribution in [0.15, 0.2) is 42.5 Å². The van der Waals surface area contributed by atoms with E-state index in [1.54, 1.807) is 13.0 Å². The van der Waals surface area contributed by atoms with Crippen LogP contribution >= 0.6 is 0 Å². The number of carbonyl (C=O) groups excluding carboxylic acids is 2. The van der Waals surface area contributed by atoms with E-state index < -0.39 is 29.5 Å². The minimum atomic E-state index is -0.698. The van der Waals surface area contributed by atoms with Gasteiger partial charge in [-0.15, -0.1) is 0 Å². The number of benzene rings is 2. The van der Waals surface area contributed by atoms with E-state index in [4.69, 9.17) is 0 Å². The fourth-order valence-electron chi connectivity index (χ4n) is 3.01. The van der Waals surface area contributed by atoms with Gasteiger partial charge in [-0.3, -0.25) is 9.59 Å². The van der Waals surface area contributed by atoms with Crippen LogP contribution < -0.4 is 5.32 Å².